The average molecular weight is 302 g/mol. The monoisotopic (exact) mass is 301 g/mol. The summed E-state index contributed by atoms with van der Waals surface area (Å²) in [6.45, 7) is 1.62. The lowest BCUT2D eigenvalue weighted by atomic mass is 9.85. The van der Waals surface area contributed by atoms with Crippen LogP contribution in [0.25, 0.3) is 0 Å². The standard InChI is InChI=1S/C14H11Cl2F2N/c1-14(19,8-4-10(17)7-11(18)5-8)12-6-9(15)2-3-13(12)16/h2-7H,19H2,1H3. The molecule has 19 heavy (non-hydrogen) atoms. The van der Waals surface area contributed by atoms with Crippen LogP contribution >= 0.6 is 23.2 Å². The largest absolute Gasteiger partial charge is 0.318 e. The molecule has 0 spiro atoms. The van der Waals surface area contributed by atoms with Gasteiger partial charge in [-0.05, 0) is 48.4 Å². The van der Waals surface area contributed by atoms with Gasteiger partial charge in [-0.3, -0.25) is 0 Å². The first kappa shape index (κ1) is 14.3. The Balaban J connectivity index is 2.60. The zero-order chi connectivity index (χ0) is 14.2. The molecule has 0 saturated carbocycles. The average Bonchev–Trinajstić information content (AvgIpc) is 2.31. The van der Waals surface area contributed by atoms with Gasteiger partial charge >= 0.3 is 0 Å². The molecule has 5 heteroatoms. The Morgan fingerprint density at radius 2 is 1.58 bits per heavy atom. The van der Waals surface area contributed by atoms with Gasteiger partial charge in [-0.15, -0.1) is 0 Å². The van der Waals surface area contributed by atoms with Crippen LogP contribution in [-0.2, 0) is 5.54 Å². The summed E-state index contributed by atoms with van der Waals surface area (Å²) < 4.78 is 26.6. The van der Waals surface area contributed by atoms with Crippen molar-refractivity contribution in [3.63, 3.8) is 0 Å². The molecule has 1 nitrogen and oxygen atoms in total. The third-order valence-corrected chi connectivity index (χ3v) is 3.51. The van der Waals surface area contributed by atoms with E-state index in [1.54, 1.807) is 25.1 Å². The molecule has 0 amide bonds. The Bertz CT molecular complexity index is 607. The van der Waals surface area contributed by atoms with Crippen molar-refractivity contribution < 1.29 is 8.78 Å². The summed E-state index contributed by atoms with van der Waals surface area (Å²) in [7, 11) is 0. The summed E-state index contributed by atoms with van der Waals surface area (Å²) in [6.07, 6.45) is 0. The van der Waals surface area contributed by atoms with Crippen LogP contribution in [0, 0.1) is 11.6 Å². The zero-order valence-corrected chi connectivity index (χ0v) is 11.6. The van der Waals surface area contributed by atoms with Gasteiger partial charge in [-0.1, -0.05) is 23.2 Å². The van der Waals surface area contributed by atoms with Crippen molar-refractivity contribution >= 4 is 23.2 Å². The van der Waals surface area contributed by atoms with E-state index in [1.807, 2.05) is 0 Å². The minimum absolute atomic E-state index is 0.286. The first-order chi connectivity index (χ1) is 8.80. The molecule has 0 bridgehead atoms. The Kier molecular flexibility index (Phi) is 3.81. The van der Waals surface area contributed by atoms with Crippen LogP contribution in [-0.4, -0.2) is 0 Å². The first-order valence-corrected chi connectivity index (χ1v) is 6.27. The fourth-order valence-electron chi connectivity index (χ4n) is 1.90. The molecule has 0 fully saturated rings. The number of hydrogen-bond acceptors (Lipinski definition) is 1. The minimum atomic E-state index is -1.15. The molecule has 0 radical (unpaired) electrons. The van der Waals surface area contributed by atoms with E-state index in [2.05, 4.69) is 0 Å². The summed E-state index contributed by atoms with van der Waals surface area (Å²) in [5.74, 6) is -1.38. The lowest BCUT2D eigenvalue weighted by molar-refractivity contribution is 0.550. The molecule has 1 unspecified atom stereocenters. The topological polar surface area (TPSA) is 26.0 Å². The number of benzene rings is 2. The number of hydrogen-bond donors (Lipinski definition) is 1. The second kappa shape index (κ2) is 5.08. The maximum atomic E-state index is 13.3. The predicted octanol–water partition coefficient (Wildman–Crippen LogP) is 4.49. The molecule has 2 N–H and O–H groups in total. The van der Waals surface area contributed by atoms with Crippen LogP contribution in [0.3, 0.4) is 0 Å². The number of halogens is 4. The normalized spacial score (nSPS) is 14.2. The summed E-state index contributed by atoms with van der Waals surface area (Å²) >= 11 is 12.0. The third-order valence-electron chi connectivity index (χ3n) is 2.95. The highest BCUT2D eigenvalue weighted by atomic mass is 35.5. The summed E-state index contributed by atoms with van der Waals surface area (Å²) in [4.78, 5) is 0. The van der Waals surface area contributed by atoms with Crippen molar-refractivity contribution in [2.45, 2.75) is 12.5 Å². The second-order valence-corrected chi connectivity index (χ2v) is 5.33. The third kappa shape index (κ3) is 2.89. The lowest BCUT2D eigenvalue weighted by Gasteiger charge is -2.27. The molecule has 2 rings (SSSR count). The van der Waals surface area contributed by atoms with Crippen molar-refractivity contribution in [3.05, 3.63) is 69.2 Å². The molecule has 100 valence electrons. The molecule has 0 aliphatic heterocycles. The predicted molar refractivity (Wildman–Crippen MR) is 73.5 cm³/mol. The Hall–Kier alpha value is -1.16. The Labute approximate surface area is 119 Å². The number of rotatable bonds is 2. The van der Waals surface area contributed by atoms with Gasteiger partial charge in [0.05, 0.1) is 5.54 Å². The van der Waals surface area contributed by atoms with E-state index < -0.39 is 17.2 Å². The van der Waals surface area contributed by atoms with Gasteiger partial charge in [0.25, 0.3) is 0 Å². The molecule has 0 aliphatic carbocycles. The molecule has 0 aliphatic rings. The summed E-state index contributed by atoms with van der Waals surface area (Å²) in [6, 6.07) is 7.96. The van der Waals surface area contributed by atoms with Gasteiger partial charge < -0.3 is 5.73 Å². The SMILES string of the molecule is CC(N)(c1cc(F)cc(F)c1)c1cc(Cl)ccc1Cl. The van der Waals surface area contributed by atoms with Crippen molar-refractivity contribution in [1.82, 2.24) is 0 Å². The van der Waals surface area contributed by atoms with E-state index >= 15 is 0 Å². The quantitative estimate of drug-likeness (QED) is 0.869. The van der Waals surface area contributed by atoms with Crippen LogP contribution in [0.5, 0.6) is 0 Å². The molecule has 0 saturated heterocycles. The highest BCUT2D eigenvalue weighted by Crippen LogP contribution is 2.34. The second-order valence-electron chi connectivity index (χ2n) is 4.48. The van der Waals surface area contributed by atoms with Crippen LogP contribution in [0.1, 0.15) is 18.1 Å². The van der Waals surface area contributed by atoms with Crippen molar-refractivity contribution in [3.8, 4) is 0 Å². The van der Waals surface area contributed by atoms with Gasteiger partial charge in [0.15, 0.2) is 0 Å². The maximum Gasteiger partial charge on any atom is 0.126 e. The van der Waals surface area contributed by atoms with Gasteiger partial charge in [0.1, 0.15) is 11.6 Å². The van der Waals surface area contributed by atoms with E-state index in [4.69, 9.17) is 28.9 Å². The highest BCUT2D eigenvalue weighted by Gasteiger charge is 2.27. The van der Waals surface area contributed by atoms with Crippen LogP contribution < -0.4 is 5.73 Å². The van der Waals surface area contributed by atoms with Crippen molar-refractivity contribution in [2.75, 3.05) is 0 Å². The maximum absolute atomic E-state index is 13.3. The highest BCUT2D eigenvalue weighted by molar-refractivity contribution is 6.33. The lowest BCUT2D eigenvalue weighted by Crippen LogP contribution is -2.35. The fraction of sp³-hybridized carbons (Fsp3) is 0.143. The molecule has 0 aromatic heterocycles. The minimum Gasteiger partial charge on any atom is -0.318 e. The summed E-state index contributed by atoms with van der Waals surface area (Å²) in [5.41, 5.74) is 5.83. The Morgan fingerprint density at radius 1 is 1.00 bits per heavy atom. The van der Waals surface area contributed by atoms with Gasteiger partial charge in [0.2, 0.25) is 0 Å². The van der Waals surface area contributed by atoms with Crippen LogP contribution in [0.4, 0.5) is 8.78 Å². The van der Waals surface area contributed by atoms with Crippen LogP contribution in [0.15, 0.2) is 36.4 Å². The molecule has 2 aromatic carbocycles. The molecule has 1 atom stereocenters. The van der Waals surface area contributed by atoms with E-state index in [0.29, 0.717) is 15.6 Å². The van der Waals surface area contributed by atoms with Gasteiger partial charge in [-0.25, -0.2) is 8.78 Å². The first-order valence-electron chi connectivity index (χ1n) is 5.51. The zero-order valence-electron chi connectivity index (χ0n) is 10.1. The molecular weight excluding hydrogens is 291 g/mol. The van der Waals surface area contributed by atoms with E-state index in [-0.39, 0.29) is 5.56 Å². The van der Waals surface area contributed by atoms with E-state index in [9.17, 15) is 8.78 Å². The van der Waals surface area contributed by atoms with Crippen molar-refractivity contribution in [2.24, 2.45) is 5.73 Å². The van der Waals surface area contributed by atoms with Gasteiger partial charge in [0, 0.05) is 16.1 Å². The molecular formula is C14H11Cl2F2N. The number of nitrogens with two attached hydrogens (primary N) is 1. The van der Waals surface area contributed by atoms with E-state index in [0.717, 1.165) is 6.07 Å². The molecule has 2 aromatic rings. The molecule has 0 heterocycles. The van der Waals surface area contributed by atoms with Crippen molar-refractivity contribution in [1.29, 1.82) is 0 Å². The Morgan fingerprint density at radius 3 is 2.16 bits per heavy atom. The van der Waals surface area contributed by atoms with Crippen LogP contribution in [0.2, 0.25) is 10.0 Å². The van der Waals surface area contributed by atoms with E-state index in [1.165, 1.54) is 12.1 Å². The van der Waals surface area contributed by atoms with Gasteiger partial charge in [-0.2, -0.15) is 0 Å². The summed E-state index contributed by atoms with van der Waals surface area (Å²) in [5, 5.41) is 0.840. The fourth-order valence-corrected chi connectivity index (χ4v) is 2.39. The smallest absolute Gasteiger partial charge is 0.126 e.